The molecule has 7 nitrogen and oxygen atoms in total. The molecule has 3 N–H and O–H groups in total. The Morgan fingerprint density at radius 3 is 2.57 bits per heavy atom. The molecule has 0 unspecified atom stereocenters. The van der Waals surface area contributed by atoms with Crippen molar-refractivity contribution in [3.05, 3.63) is 59.7 Å². The number of methoxy groups -OCH3 is 2. The Bertz CT molecular complexity index is 842. The molecular weight excluding hydrogens is 378 g/mol. The lowest BCUT2D eigenvalue weighted by atomic mass is 10.2. The van der Waals surface area contributed by atoms with Crippen molar-refractivity contribution in [1.82, 2.24) is 10.6 Å². The van der Waals surface area contributed by atoms with Crippen LogP contribution in [0.25, 0.3) is 0 Å². The summed E-state index contributed by atoms with van der Waals surface area (Å²) in [6.07, 6.45) is 0.735. The Balaban J connectivity index is 1.95. The van der Waals surface area contributed by atoms with Gasteiger partial charge in [-0.3, -0.25) is 14.9 Å². The van der Waals surface area contributed by atoms with Crippen molar-refractivity contribution < 1.29 is 19.1 Å². The topological polar surface area (TPSA) is 88.7 Å². The van der Waals surface area contributed by atoms with Gasteiger partial charge in [-0.25, -0.2) is 0 Å². The van der Waals surface area contributed by atoms with E-state index in [4.69, 9.17) is 21.7 Å². The first-order valence-electron chi connectivity index (χ1n) is 8.67. The fraction of sp³-hybridized carbons (Fsp3) is 0.250. The van der Waals surface area contributed by atoms with E-state index in [2.05, 4.69) is 16.0 Å². The summed E-state index contributed by atoms with van der Waals surface area (Å²) in [4.78, 5) is 24.6. The van der Waals surface area contributed by atoms with Crippen LogP contribution in [0.5, 0.6) is 5.75 Å². The minimum Gasteiger partial charge on any atom is -0.496 e. The van der Waals surface area contributed by atoms with Crippen LogP contribution >= 0.6 is 12.2 Å². The summed E-state index contributed by atoms with van der Waals surface area (Å²) in [6.45, 7) is 1.11. The third kappa shape index (κ3) is 6.33. The van der Waals surface area contributed by atoms with Gasteiger partial charge in [0.1, 0.15) is 5.75 Å². The minimum absolute atomic E-state index is 0.119. The number of nitrogens with one attached hydrogen (secondary N) is 3. The van der Waals surface area contributed by atoms with E-state index in [-0.39, 0.29) is 16.9 Å². The Kier molecular flexibility index (Phi) is 8.38. The molecule has 0 spiro atoms. The summed E-state index contributed by atoms with van der Waals surface area (Å²) in [7, 11) is 3.11. The number of benzene rings is 2. The molecule has 148 valence electrons. The Hall–Kier alpha value is -2.97. The molecule has 2 rings (SSSR count). The van der Waals surface area contributed by atoms with Gasteiger partial charge in [0.25, 0.3) is 11.8 Å². The predicted molar refractivity (Wildman–Crippen MR) is 112 cm³/mol. The van der Waals surface area contributed by atoms with Crippen LogP contribution in [0.2, 0.25) is 0 Å². The molecule has 0 aliphatic heterocycles. The van der Waals surface area contributed by atoms with Crippen molar-refractivity contribution in [2.24, 2.45) is 0 Å². The summed E-state index contributed by atoms with van der Waals surface area (Å²) >= 11 is 5.20. The summed E-state index contributed by atoms with van der Waals surface area (Å²) < 4.78 is 10.1. The summed E-state index contributed by atoms with van der Waals surface area (Å²) in [5, 5.41) is 8.45. The Morgan fingerprint density at radius 2 is 1.82 bits per heavy atom. The number of carbonyl (C=O) groups is 2. The lowest BCUT2D eigenvalue weighted by Gasteiger charge is -2.12. The van der Waals surface area contributed by atoms with Gasteiger partial charge in [-0.2, -0.15) is 0 Å². The lowest BCUT2D eigenvalue weighted by Crippen LogP contribution is -2.34. The molecule has 0 saturated heterocycles. The molecule has 28 heavy (non-hydrogen) atoms. The summed E-state index contributed by atoms with van der Waals surface area (Å²) in [6, 6.07) is 13.7. The summed E-state index contributed by atoms with van der Waals surface area (Å²) in [5.74, 6) is -0.124. The van der Waals surface area contributed by atoms with Gasteiger partial charge in [0.15, 0.2) is 5.11 Å². The van der Waals surface area contributed by atoms with E-state index in [0.29, 0.717) is 35.7 Å². The highest BCUT2D eigenvalue weighted by Gasteiger charge is 2.13. The van der Waals surface area contributed by atoms with Crippen LogP contribution in [0.15, 0.2) is 48.5 Å². The zero-order chi connectivity index (χ0) is 20.4. The maximum absolute atomic E-state index is 12.4. The van der Waals surface area contributed by atoms with Gasteiger partial charge >= 0.3 is 0 Å². The SMILES string of the molecule is COCCCNC(=O)c1cccc(NC(=S)NC(=O)c2ccccc2OC)c1. The second-order valence-electron chi connectivity index (χ2n) is 5.79. The molecule has 0 saturated carbocycles. The number of rotatable bonds is 8. The van der Waals surface area contributed by atoms with Gasteiger partial charge in [-0.05, 0) is 49.0 Å². The second kappa shape index (κ2) is 11.0. The van der Waals surface area contributed by atoms with Gasteiger partial charge in [-0.15, -0.1) is 0 Å². The van der Waals surface area contributed by atoms with Crippen LogP contribution < -0.4 is 20.7 Å². The molecule has 0 aliphatic rings. The quantitative estimate of drug-likeness (QED) is 0.465. The van der Waals surface area contributed by atoms with E-state index >= 15 is 0 Å². The third-order valence-corrected chi connectivity index (χ3v) is 3.98. The zero-order valence-corrected chi connectivity index (χ0v) is 16.6. The summed E-state index contributed by atoms with van der Waals surface area (Å²) in [5.41, 5.74) is 1.45. The number of anilines is 1. The van der Waals surface area contributed by atoms with Gasteiger partial charge < -0.3 is 20.1 Å². The van der Waals surface area contributed by atoms with E-state index < -0.39 is 0 Å². The molecule has 0 aromatic heterocycles. The van der Waals surface area contributed by atoms with Gasteiger partial charge in [0.2, 0.25) is 0 Å². The van der Waals surface area contributed by atoms with E-state index in [1.165, 1.54) is 7.11 Å². The molecule has 0 aliphatic carbocycles. The molecule has 0 heterocycles. The number of ether oxygens (including phenoxy) is 2. The minimum atomic E-state index is -0.387. The highest BCUT2D eigenvalue weighted by molar-refractivity contribution is 7.80. The fourth-order valence-electron chi connectivity index (χ4n) is 2.42. The maximum Gasteiger partial charge on any atom is 0.261 e. The van der Waals surface area contributed by atoms with Crippen molar-refractivity contribution in [3.8, 4) is 5.75 Å². The number of carbonyl (C=O) groups excluding carboxylic acids is 2. The first kappa shape index (κ1) is 21.3. The molecule has 8 heteroatoms. The average molecular weight is 401 g/mol. The van der Waals surface area contributed by atoms with Gasteiger partial charge in [0.05, 0.1) is 12.7 Å². The molecule has 2 aromatic rings. The number of para-hydroxylation sites is 1. The van der Waals surface area contributed by atoms with Crippen molar-refractivity contribution in [2.75, 3.05) is 32.7 Å². The van der Waals surface area contributed by atoms with Gasteiger partial charge in [-0.1, -0.05) is 18.2 Å². The molecular formula is C20H23N3O4S. The largest absolute Gasteiger partial charge is 0.496 e. The molecule has 0 radical (unpaired) electrons. The van der Waals surface area contributed by atoms with Crippen LogP contribution in [0.3, 0.4) is 0 Å². The van der Waals surface area contributed by atoms with Crippen molar-refractivity contribution in [3.63, 3.8) is 0 Å². The number of thiocarbonyl (C=S) groups is 1. The van der Waals surface area contributed by atoms with Crippen LogP contribution in [0, 0.1) is 0 Å². The molecule has 0 fully saturated rings. The number of amides is 2. The van der Waals surface area contributed by atoms with Crippen LogP contribution in [0.1, 0.15) is 27.1 Å². The van der Waals surface area contributed by atoms with E-state index in [1.54, 1.807) is 55.6 Å². The molecule has 2 aromatic carbocycles. The zero-order valence-electron chi connectivity index (χ0n) is 15.8. The normalized spacial score (nSPS) is 10.1. The highest BCUT2D eigenvalue weighted by atomic mass is 32.1. The standard InChI is InChI=1S/C20H23N3O4S/c1-26-12-6-11-21-18(24)14-7-5-8-15(13-14)22-20(28)23-19(25)16-9-3-4-10-17(16)27-2/h3-5,7-10,13H,6,11-12H2,1-2H3,(H,21,24)(H2,22,23,25,28). The van der Waals surface area contributed by atoms with Crippen molar-refractivity contribution in [2.45, 2.75) is 6.42 Å². The fourth-order valence-corrected chi connectivity index (χ4v) is 2.63. The first-order valence-corrected chi connectivity index (χ1v) is 9.08. The van der Waals surface area contributed by atoms with Crippen LogP contribution in [-0.2, 0) is 4.74 Å². The predicted octanol–water partition coefficient (Wildman–Crippen LogP) is 2.59. The smallest absolute Gasteiger partial charge is 0.261 e. The molecule has 0 atom stereocenters. The molecule has 0 bridgehead atoms. The third-order valence-electron chi connectivity index (χ3n) is 3.77. The lowest BCUT2D eigenvalue weighted by molar-refractivity contribution is 0.0946. The monoisotopic (exact) mass is 401 g/mol. The van der Waals surface area contributed by atoms with Crippen molar-refractivity contribution >= 4 is 34.8 Å². The van der Waals surface area contributed by atoms with E-state index in [9.17, 15) is 9.59 Å². The van der Waals surface area contributed by atoms with Crippen LogP contribution in [-0.4, -0.2) is 44.3 Å². The van der Waals surface area contributed by atoms with Crippen molar-refractivity contribution in [1.29, 1.82) is 0 Å². The maximum atomic E-state index is 12.4. The Morgan fingerprint density at radius 1 is 1.04 bits per heavy atom. The molecule has 2 amide bonds. The van der Waals surface area contributed by atoms with Gasteiger partial charge in [0, 0.05) is 31.5 Å². The second-order valence-corrected chi connectivity index (χ2v) is 6.20. The first-order chi connectivity index (χ1) is 13.5. The number of hydrogen-bond acceptors (Lipinski definition) is 5. The Labute approximate surface area is 169 Å². The average Bonchev–Trinajstić information content (AvgIpc) is 2.71. The highest BCUT2D eigenvalue weighted by Crippen LogP contribution is 2.17. The van der Waals surface area contributed by atoms with Crippen LogP contribution in [0.4, 0.5) is 5.69 Å². The van der Waals surface area contributed by atoms with E-state index in [0.717, 1.165) is 6.42 Å². The number of hydrogen-bond donors (Lipinski definition) is 3. The van der Waals surface area contributed by atoms with E-state index in [1.807, 2.05) is 0 Å².